The van der Waals surface area contributed by atoms with E-state index >= 15 is 0 Å². The number of nitrogens with one attached hydrogen (secondary N) is 1. The summed E-state index contributed by atoms with van der Waals surface area (Å²) in [6.07, 6.45) is 0.343. The molecule has 0 saturated carbocycles. The molecule has 0 aromatic heterocycles. The highest BCUT2D eigenvalue weighted by molar-refractivity contribution is 5.80. The number of rotatable bonds is 8. The van der Waals surface area contributed by atoms with Crippen molar-refractivity contribution in [3.63, 3.8) is 0 Å². The zero-order valence-electron chi connectivity index (χ0n) is 17.8. The second kappa shape index (κ2) is 10.7. The molecule has 3 rings (SSSR count). The van der Waals surface area contributed by atoms with Crippen LogP contribution in [0.3, 0.4) is 0 Å². The van der Waals surface area contributed by atoms with Gasteiger partial charge in [0.2, 0.25) is 0 Å². The molecule has 6 nitrogen and oxygen atoms in total. The second-order valence-electron chi connectivity index (χ2n) is 7.71. The lowest BCUT2D eigenvalue weighted by atomic mass is 10.2. The van der Waals surface area contributed by atoms with E-state index in [-0.39, 0.29) is 5.91 Å². The minimum absolute atomic E-state index is 0.122. The van der Waals surface area contributed by atoms with Crippen LogP contribution in [0.1, 0.15) is 24.5 Å². The van der Waals surface area contributed by atoms with Crippen molar-refractivity contribution >= 4 is 11.6 Å². The highest BCUT2D eigenvalue weighted by Crippen LogP contribution is 2.18. The second-order valence-corrected chi connectivity index (χ2v) is 7.71. The van der Waals surface area contributed by atoms with Crippen LogP contribution < -0.4 is 15.0 Å². The third-order valence-electron chi connectivity index (χ3n) is 5.35. The summed E-state index contributed by atoms with van der Waals surface area (Å²) in [6.45, 7) is 9.63. The number of aryl methyl sites for hydroxylation is 1. The summed E-state index contributed by atoms with van der Waals surface area (Å²) in [5.41, 5.74) is 3.17. The minimum Gasteiger partial charge on any atom is -0.481 e. The number of amides is 1. The standard InChI is InChI=1S/C24H30N4O2/c1-19-5-3-6-22(17-19)28-15-13-27(14-16-28)12-4-11-26-24(29)20(2)30-23-9-7-21(18-25)8-10-23/h3,5-10,17,20H,4,11-16H2,1-2H3,(H,26,29). The Labute approximate surface area is 179 Å². The Kier molecular flexibility index (Phi) is 7.69. The molecule has 1 aliphatic rings. The SMILES string of the molecule is Cc1cccc(N2CCN(CCCNC(=O)C(C)Oc3ccc(C#N)cc3)CC2)c1. The predicted molar refractivity (Wildman–Crippen MR) is 119 cm³/mol. The monoisotopic (exact) mass is 406 g/mol. The van der Waals surface area contributed by atoms with Crippen molar-refractivity contribution < 1.29 is 9.53 Å². The van der Waals surface area contributed by atoms with Crippen molar-refractivity contribution in [2.75, 3.05) is 44.2 Å². The molecule has 6 heteroatoms. The van der Waals surface area contributed by atoms with Gasteiger partial charge in [-0.05, 0) is 68.8 Å². The van der Waals surface area contributed by atoms with Crippen molar-refractivity contribution in [3.05, 3.63) is 59.7 Å². The summed E-state index contributed by atoms with van der Waals surface area (Å²) >= 11 is 0. The quantitative estimate of drug-likeness (QED) is 0.683. The first kappa shape index (κ1) is 21.7. The largest absolute Gasteiger partial charge is 0.481 e. The first-order chi connectivity index (χ1) is 14.5. The van der Waals surface area contributed by atoms with Gasteiger partial charge in [-0.1, -0.05) is 12.1 Å². The normalized spacial score (nSPS) is 15.3. The summed E-state index contributed by atoms with van der Waals surface area (Å²) in [5, 5.41) is 11.8. The minimum atomic E-state index is -0.573. The molecule has 1 saturated heterocycles. The van der Waals surface area contributed by atoms with Crippen LogP contribution in [0.5, 0.6) is 5.75 Å². The van der Waals surface area contributed by atoms with Gasteiger partial charge in [0, 0.05) is 38.4 Å². The highest BCUT2D eigenvalue weighted by atomic mass is 16.5. The van der Waals surface area contributed by atoms with E-state index in [1.165, 1.54) is 11.3 Å². The van der Waals surface area contributed by atoms with Crippen molar-refractivity contribution in [1.29, 1.82) is 5.26 Å². The lowest BCUT2D eigenvalue weighted by Crippen LogP contribution is -2.47. The summed E-state index contributed by atoms with van der Waals surface area (Å²) in [6, 6.07) is 17.5. The van der Waals surface area contributed by atoms with E-state index in [9.17, 15) is 4.79 Å². The molecule has 1 unspecified atom stereocenters. The zero-order chi connectivity index (χ0) is 21.3. The van der Waals surface area contributed by atoms with E-state index in [1.54, 1.807) is 31.2 Å². The number of ether oxygens (including phenoxy) is 1. The fourth-order valence-electron chi connectivity index (χ4n) is 3.58. The number of carbonyl (C=O) groups is 1. The predicted octanol–water partition coefficient (Wildman–Crippen LogP) is 2.96. The molecule has 0 aliphatic carbocycles. The molecule has 0 radical (unpaired) electrons. The molecule has 1 fully saturated rings. The van der Waals surface area contributed by atoms with Gasteiger partial charge < -0.3 is 15.0 Å². The fourth-order valence-corrected chi connectivity index (χ4v) is 3.58. The first-order valence-corrected chi connectivity index (χ1v) is 10.5. The maximum Gasteiger partial charge on any atom is 0.260 e. The smallest absolute Gasteiger partial charge is 0.260 e. The molecule has 1 aliphatic heterocycles. The van der Waals surface area contributed by atoms with Crippen LogP contribution in [-0.2, 0) is 4.79 Å². The van der Waals surface area contributed by atoms with Crippen LogP contribution in [0.4, 0.5) is 5.69 Å². The number of hydrogen-bond acceptors (Lipinski definition) is 5. The summed E-state index contributed by atoms with van der Waals surface area (Å²) < 4.78 is 5.65. The molecule has 1 amide bonds. The third-order valence-corrected chi connectivity index (χ3v) is 5.35. The third kappa shape index (κ3) is 6.23. The Balaban J connectivity index is 1.32. The molecule has 30 heavy (non-hydrogen) atoms. The molecule has 0 bridgehead atoms. The van der Waals surface area contributed by atoms with Crippen LogP contribution in [0.2, 0.25) is 0 Å². The van der Waals surface area contributed by atoms with E-state index in [2.05, 4.69) is 52.4 Å². The van der Waals surface area contributed by atoms with E-state index in [0.29, 0.717) is 17.9 Å². The maximum atomic E-state index is 12.2. The Morgan fingerprint density at radius 3 is 2.57 bits per heavy atom. The van der Waals surface area contributed by atoms with Gasteiger partial charge in [0.25, 0.3) is 5.91 Å². The van der Waals surface area contributed by atoms with Gasteiger partial charge in [0.15, 0.2) is 6.10 Å². The number of nitriles is 1. The average molecular weight is 407 g/mol. The molecule has 0 spiro atoms. The van der Waals surface area contributed by atoms with E-state index in [0.717, 1.165) is 39.1 Å². The van der Waals surface area contributed by atoms with Gasteiger partial charge in [0.1, 0.15) is 5.75 Å². The van der Waals surface area contributed by atoms with Gasteiger partial charge in [-0.3, -0.25) is 9.69 Å². The first-order valence-electron chi connectivity index (χ1n) is 10.5. The number of carbonyl (C=O) groups excluding carboxylic acids is 1. The maximum absolute atomic E-state index is 12.2. The number of hydrogen-bond donors (Lipinski definition) is 1. The summed E-state index contributed by atoms with van der Waals surface area (Å²) in [4.78, 5) is 17.1. The number of benzene rings is 2. The van der Waals surface area contributed by atoms with Crippen molar-refractivity contribution in [1.82, 2.24) is 10.2 Å². The number of nitrogens with zero attached hydrogens (tertiary/aromatic N) is 3. The van der Waals surface area contributed by atoms with Crippen LogP contribution in [0.25, 0.3) is 0 Å². The lowest BCUT2D eigenvalue weighted by Gasteiger charge is -2.36. The van der Waals surface area contributed by atoms with Crippen molar-refractivity contribution in [3.8, 4) is 11.8 Å². The van der Waals surface area contributed by atoms with Crippen LogP contribution in [0.15, 0.2) is 48.5 Å². The van der Waals surface area contributed by atoms with Crippen molar-refractivity contribution in [2.45, 2.75) is 26.4 Å². The van der Waals surface area contributed by atoms with E-state index in [1.807, 2.05) is 0 Å². The Morgan fingerprint density at radius 2 is 1.90 bits per heavy atom. The van der Waals surface area contributed by atoms with Gasteiger partial charge >= 0.3 is 0 Å². The molecular weight excluding hydrogens is 376 g/mol. The van der Waals surface area contributed by atoms with Gasteiger partial charge in [-0.15, -0.1) is 0 Å². The molecule has 2 aromatic rings. The molecule has 1 heterocycles. The van der Waals surface area contributed by atoms with Crippen molar-refractivity contribution in [2.24, 2.45) is 0 Å². The Hall–Kier alpha value is -3.04. The average Bonchev–Trinajstić information content (AvgIpc) is 2.77. The zero-order valence-corrected chi connectivity index (χ0v) is 17.8. The van der Waals surface area contributed by atoms with Crippen LogP contribution >= 0.6 is 0 Å². The van der Waals surface area contributed by atoms with Gasteiger partial charge in [0.05, 0.1) is 11.6 Å². The molecular formula is C24H30N4O2. The highest BCUT2D eigenvalue weighted by Gasteiger charge is 2.18. The molecule has 158 valence electrons. The Morgan fingerprint density at radius 1 is 1.17 bits per heavy atom. The Bertz CT molecular complexity index is 868. The van der Waals surface area contributed by atoms with E-state index < -0.39 is 6.10 Å². The number of anilines is 1. The van der Waals surface area contributed by atoms with Gasteiger partial charge in [-0.2, -0.15) is 5.26 Å². The molecule has 2 aromatic carbocycles. The lowest BCUT2D eigenvalue weighted by molar-refractivity contribution is -0.127. The number of piperazine rings is 1. The van der Waals surface area contributed by atoms with Crippen LogP contribution in [-0.4, -0.2) is 56.2 Å². The molecule has 1 atom stereocenters. The molecule has 1 N–H and O–H groups in total. The van der Waals surface area contributed by atoms with Crippen LogP contribution in [0, 0.1) is 18.3 Å². The summed E-state index contributed by atoms with van der Waals surface area (Å²) in [7, 11) is 0. The summed E-state index contributed by atoms with van der Waals surface area (Å²) in [5.74, 6) is 0.465. The van der Waals surface area contributed by atoms with E-state index in [4.69, 9.17) is 10.00 Å². The van der Waals surface area contributed by atoms with Gasteiger partial charge in [-0.25, -0.2) is 0 Å². The fraction of sp³-hybridized carbons (Fsp3) is 0.417. The topological polar surface area (TPSA) is 68.6 Å².